The fourth-order valence-electron chi connectivity index (χ4n) is 3.45. The Hall–Kier alpha value is -2.10. The van der Waals surface area contributed by atoms with Gasteiger partial charge in [0, 0.05) is 18.9 Å². The van der Waals surface area contributed by atoms with Gasteiger partial charge in [-0.25, -0.2) is 4.98 Å². The lowest BCUT2D eigenvalue weighted by Gasteiger charge is -2.34. The fraction of sp³-hybridized carbons (Fsp3) is 0.500. The van der Waals surface area contributed by atoms with E-state index in [1.165, 1.54) is 18.4 Å². The lowest BCUT2D eigenvalue weighted by Crippen LogP contribution is -2.39. The molecule has 1 atom stereocenters. The number of amides is 1. The summed E-state index contributed by atoms with van der Waals surface area (Å²) in [7, 11) is 0. The molecule has 1 aromatic carbocycles. The van der Waals surface area contributed by atoms with Gasteiger partial charge in [-0.05, 0) is 43.2 Å². The Balaban J connectivity index is 1.64. The van der Waals surface area contributed by atoms with Gasteiger partial charge in [-0.15, -0.1) is 0 Å². The van der Waals surface area contributed by atoms with Gasteiger partial charge in [-0.3, -0.25) is 4.79 Å². The van der Waals surface area contributed by atoms with E-state index >= 15 is 0 Å². The minimum Gasteiger partial charge on any atom is -0.347 e. The second-order valence-electron chi connectivity index (χ2n) is 6.67. The van der Waals surface area contributed by atoms with E-state index < -0.39 is 0 Å². The van der Waals surface area contributed by atoms with Crippen LogP contribution in [0.3, 0.4) is 0 Å². The van der Waals surface area contributed by atoms with E-state index in [0.717, 1.165) is 43.6 Å². The number of carbonyl (C=O) groups is 1. The van der Waals surface area contributed by atoms with Crippen LogP contribution < -0.4 is 0 Å². The molecule has 0 saturated carbocycles. The highest BCUT2D eigenvalue weighted by Crippen LogP contribution is 2.29. The van der Waals surface area contributed by atoms with Gasteiger partial charge in [0.1, 0.15) is 5.82 Å². The summed E-state index contributed by atoms with van der Waals surface area (Å²) >= 11 is 0. The summed E-state index contributed by atoms with van der Waals surface area (Å²) in [5.74, 6) is 1.12. The van der Waals surface area contributed by atoms with Crippen LogP contribution in [0, 0.1) is 0 Å². The van der Waals surface area contributed by atoms with Crippen molar-refractivity contribution < 1.29 is 4.79 Å². The van der Waals surface area contributed by atoms with E-state index in [1.54, 1.807) is 6.20 Å². The first kappa shape index (κ1) is 16.7. The molecule has 0 aliphatic carbocycles. The molecule has 1 unspecified atom stereocenters. The Labute approximate surface area is 144 Å². The van der Waals surface area contributed by atoms with E-state index in [0.29, 0.717) is 6.42 Å². The number of nitrogens with zero attached hydrogens (tertiary/aromatic N) is 2. The highest BCUT2D eigenvalue weighted by atomic mass is 16.2. The van der Waals surface area contributed by atoms with Crippen LogP contribution in [0.2, 0.25) is 0 Å². The predicted octanol–water partition coefficient (Wildman–Crippen LogP) is 4.05. The minimum absolute atomic E-state index is 0.102. The molecule has 1 N–H and O–H groups in total. The summed E-state index contributed by atoms with van der Waals surface area (Å²) in [5, 5.41) is 0. The van der Waals surface area contributed by atoms with Gasteiger partial charge >= 0.3 is 0 Å². The highest BCUT2D eigenvalue weighted by molar-refractivity contribution is 5.79. The molecule has 0 spiro atoms. The van der Waals surface area contributed by atoms with Crippen LogP contribution in [0.15, 0.2) is 36.7 Å². The van der Waals surface area contributed by atoms with Gasteiger partial charge < -0.3 is 9.88 Å². The summed E-state index contributed by atoms with van der Waals surface area (Å²) in [6.45, 7) is 3.04. The number of aryl methyl sites for hydroxylation is 1. The molecule has 2 heterocycles. The summed E-state index contributed by atoms with van der Waals surface area (Å²) in [5.41, 5.74) is 2.46. The van der Waals surface area contributed by atoms with Crippen molar-refractivity contribution in [2.45, 2.75) is 57.9 Å². The van der Waals surface area contributed by atoms with Gasteiger partial charge in [-0.2, -0.15) is 0 Å². The molecule has 1 amide bonds. The number of aromatic amines is 1. The maximum absolute atomic E-state index is 12.8. The number of benzene rings is 1. The first-order chi connectivity index (χ1) is 11.8. The highest BCUT2D eigenvalue weighted by Gasteiger charge is 2.29. The smallest absolute Gasteiger partial charge is 0.227 e. The molecular formula is C20H27N3O. The van der Waals surface area contributed by atoms with Gasteiger partial charge in [-0.1, -0.05) is 37.6 Å². The predicted molar refractivity (Wildman–Crippen MR) is 95.7 cm³/mol. The second-order valence-corrected chi connectivity index (χ2v) is 6.67. The molecule has 4 heteroatoms. The normalized spacial score (nSPS) is 17.9. The van der Waals surface area contributed by atoms with Crippen LogP contribution in [0.25, 0.3) is 0 Å². The van der Waals surface area contributed by atoms with Gasteiger partial charge in [0.2, 0.25) is 5.91 Å². The van der Waals surface area contributed by atoms with Crippen molar-refractivity contribution >= 4 is 5.91 Å². The molecule has 1 aliphatic rings. The van der Waals surface area contributed by atoms with Crippen LogP contribution >= 0.6 is 0 Å². The summed E-state index contributed by atoms with van der Waals surface area (Å²) in [6, 6.07) is 8.64. The molecule has 24 heavy (non-hydrogen) atoms. The number of hydrogen-bond donors (Lipinski definition) is 1. The van der Waals surface area contributed by atoms with Crippen LogP contribution in [0.4, 0.5) is 0 Å². The zero-order chi connectivity index (χ0) is 16.8. The molecule has 4 nitrogen and oxygen atoms in total. The number of carbonyl (C=O) groups excluding carboxylic acids is 1. The third-order valence-electron chi connectivity index (χ3n) is 4.86. The molecule has 1 aromatic heterocycles. The molecule has 1 fully saturated rings. The SMILES string of the molecule is CCCCc1ccc(CC(=O)N2CCCCC2c2ncc[nH]2)cc1. The zero-order valence-corrected chi connectivity index (χ0v) is 14.5. The minimum atomic E-state index is 0.102. The number of imidazole rings is 1. The lowest BCUT2D eigenvalue weighted by molar-refractivity contribution is -0.134. The third-order valence-corrected chi connectivity index (χ3v) is 4.86. The van der Waals surface area contributed by atoms with Crippen molar-refractivity contribution in [1.82, 2.24) is 14.9 Å². The van der Waals surface area contributed by atoms with E-state index in [1.807, 2.05) is 11.1 Å². The van der Waals surface area contributed by atoms with E-state index in [4.69, 9.17) is 0 Å². The molecule has 1 aliphatic heterocycles. The topological polar surface area (TPSA) is 49.0 Å². The molecule has 0 bridgehead atoms. The molecule has 1 saturated heterocycles. The maximum Gasteiger partial charge on any atom is 0.227 e. The van der Waals surface area contributed by atoms with Crippen molar-refractivity contribution in [2.24, 2.45) is 0 Å². The lowest BCUT2D eigenvalue weighted by atomic mass is 9.99. The standard InChI is InChI=1S/C20H27N3O/c1-2-3-6-16-8-10-17(11-9-16)15-19(24)23-14-5-4-7-18(23)20-21-12-13-22-20/h8-13,18H,2-7,14-15H2,1H3,(H,21,22). The Morgan fingerprint density at radius 3 is 2.75 bits per heavy atom. The second kappa shape index (κ2) is 8.13. The molecule has 3 rings (SSSR count). The Kier molecular flexibility index (Phi) is 5.68. The first-order valence-corrected chi connectivity index (χ1v) is 9.14. The number of rotatable bonds is 6. The molecular weight excluding hydrogens is 298 g/mol. The summed E-state index contributed by atoms with van der Waals surface area (Å²) in [6.07, 6.45) is 10.9. The van der Waals surface area contributed by atoms with E-state index in [9.17, 15) is 4.79 Å². The average molecular weight is 325 g/mol. The number of piperidine rings is 1. The van der Waals surface area contributed by atoms with Crippen LogP contribution in [-0.2, 0) is 17.6 Å². The number of hydrogen-bond acceptors (Lipinski definition) is 2. The number of nitrogens with one attached hydrogen (secondary N) is 1. The molecule has 128 valence electrons. The van der Waals surface area contributed by atoms with Crippen molar-refractivity contribution in [3.05, 3.63) is 53.6 Å². The first-order valence-electron chi connectivity index (χ1n) is 9.14. The van der Waals surface area contributed by atoms with Crippen LogP contribution in [0.5, 0.6) is 0 Å². The van der Waals surface area contributed by atoms with Gasteiger partial charge in [0.05, 0.1) is 12.5 Å². The zero-order valence-electron chi connectivity index (χ0n) is 14.5. The van der Waals surface area contributed by atoms with Crippen molar-refractivity contribution in [3.8, 4) is 0 Å². The fourth-order valence-corrected chi connectivity index (χ4v) is 3.45. The number of aromatic nitrogens is 2. The van der Waals surface area contributed by atoms with E-state index in [2.05, 4.69) is 41.2 Å². The number of unbranched alkanes of at least 4 members (excludes halogenated alkanes) is 1. The number of H-pyrrole nitrogens is 1. The van der Waals surface area contributed by atoms with Gasteiger partial charge in [0.25, 0.3) is 0 Å². The molecule has 2 aromatic rings. The summed E-state index contributed by atoms with van der Waals surface area (Å²) in [4.78, 5) is 22.4. The largest absolute Gasteiger partial charge is 0.347 e. The van der Waals surface area contributed by atoms with Crippen molar-refractivity contribution in [2.75, 3.05) is 6.54 Å². The summed E-state index contributed by atoms with van der Waals surface area (Å²) < 4.78 is 0. The Bertz CT molecular complexity index is 633. The van der Waals surface area contributed by atoms with Crippen LogP contribution in [0.1, 0.15) is 62.0 Å². The van der Waals surface area contributed by atoms with Crippen molar-refractivity contribution in [1.29, 1.82) is 0 Å². The van der Waals surface area contributed by atoms with Gasteiger partial charge in [0.15, 0.2) is 0 Å². The quantitative estimate of drug-likeness (QED) is 0.871. The van der Waals surface area contributed by atoms with Crippen molar-refractivity contribution in [3.63, 3.8) is 0 Å². The van der Waals surface area contributed by atoms with Crippen LogP contribution in [-0.4, -0.2) is 27.3 Å². The third kappa shape index (κ3) is 4.05. The monoisotopic (exact) mass is 325 g/mol. The number of likely N-dealkylation sites (tertiary alicyclic amines) is 1. The Morgan fingerprint density at radius 2 is 2.04 bits per heavy atom. The Morgan fingerprint density at radius 1 is 1.25 bits per heavy atom. The molecule has 0 radical (unpaired) electrons. The average Bonchev–Trinajstić information content (AvgIpc) is 3.15. The van der Waals surface area contributed by atoms with E-state index in [-0.39, 0.29) is 11.9 Å². The maximum atomic E-state index is 12.8.